The molecule has 0 amide bonds. The number of carboxylic acids is 1. The third-order valence-electron chi connectivity index (χ3n) is 3.12. The summed E-state index contributed by atoms with van der Waals surface area (Å²) in [5.74, 6) is -0.670. The van der Waals surface area contributed by atoms with Gasteiger partial charge in [0.15, 0.2) is 0 Å². The molecule has 0 aliphatic heterocycles. The van der Waals surface area contributed by atoms with E-state index in [1.807, 2.05) is 24.5 Å². The second-order valence-corrected chi connectivity index (χ2v) is 4.28. The highest BCUT2D eigenvalue weighted by molar-refractivity contribution is 5.67. The van der Waals surface area contributed by atoms with E-state index in [2.05, 4.69) is 4.57 Å². The average Bonchev–Trinajstić information content (AvgIpc) is 2.51. The van der Waals surface area contributed by atoms with Crippen LogP contribution in [0.25, 0.3) is 0 Å². The number of carbonyl (C=O) groups is 1. The molecule has 0 spiro atoms. The van der Waals surface area contributed by atoms with Crippen LogP contribution in [0.2, 0.25) is 0 Å². The van der Waals surface area contributed by atoms with Crippen LogP contribution < -0.4 is 0 Å². The fraction of sp³-hybridized carbons (Fsp3) is 0.545. The predicted molar refractivity (Wildman–Crippen MR) is 53.0 cm³/mol. The Morgan fingerprint density at radius 1 is 1.36 bits per heavy atom. The largest absolute Gasteiger partial charge is 0.481 e. The first-order valence-electron chi connectivity index (χ1n) is 5.03. The van der Waals surface area contributed by atoms with Crippen molar-refractivity contribution in [3.8, 4) is 0 Å². The second kappa shape index (κ2) is 3.48. The molecule has 76 valence electrons. The lowest BCUT2D eigenvalue weighted by atomic mass is 9.66. The predicted octanol–water partition coefficient (Wildman–Crippen LogP) is 2.13. The number of nitrogens with zero attached hydrogens (tertiary/aromatic N) is 1. The van der Waals surface area contributed by atoms with Gasteiger partial charge in [-0.2, -0.15) is 0 Å². The SMILES string of the molecule is O=C(O)CC1(Cn2cccc2)CCC1. The lowest BCUT2D eigenvalue weighted by Crippen LogP contribution is -2.36. The maximum Gasteiger partial charge on any atom is 0.303 e. The van der Waals surface area contributed by atoms with Crippen molar-refractivity contribution in [1.29, 1.82) is 0 Å². The summed E-state index contributed by atoms with van der Waals surface area (Å²) in [4.78, 5) is 10.7. The summed E-state index contributed by atoms with van der Waals surface area (Å²) >= 11 is 0. The van der Waals surface area contributed by atoms with E-state index in [0.717, 1.165) is 19.4 Å². The Bertz CT molecular complexity index is 312. The number of hydrogen-bond donors (Lipinski definition) is 1. The normalized spacial score (nSPS) is 18.9. The lowest BCUT2D eigenvalue weighted by Gasteiger charge is -2.41. The quantitative estimate of drug-likeness (QED) is 0.796. The van der Waals surface area contributed by atoms with E-state index in [0.29, 0.717) is 6.42 Å². The van der Waals surface area contributed by atoms with Crippen LogP contribution in [-0.2, 0) is 11.3 Å². The van der Waals surface area contributed by atoms with Gasteiger partial charge in [0, 0.05) is 18.9 Å². The first-order chi connectivity index (χ1) is 6.70. The number of hydrogen-bond acceptors (Lipinski definition) is 1. The molecule has 0 unspecified atom stereocenters. The Hall–Kier alpha value is -1.25. The summed E-state index contributed by atoms with van der Waals surface area (Å²) in [6, 6.07) is 3.96. The van der Waals surface area contributed by atoms with Gasteiger partial charge in [0.05, 0.1) is 6.42 Å². The molecule has 1 N–H and O–H groups in total. The minimum Gasteiger partial charge on any atom is -0.481 e. The average molecular weight is 193 g/mol. The zero-order valence-electron chi connectivity index (χ0n) is 8.15. The minimum absolute atomic E-state index is 0.0326. The topological polar surface area (TPSA) is 42.2 Å². The van der Waals surface area contributed by atoms with Crippen LogP contribution in [0.5, 0.6) is 0 Å². The highest BCUT2D eigenvalue weighted by atomic mass is 16.4. The molecular weight excluding hydrogens is 178 g/mol. The molecule has 3 heteroatoms. The lowest BCUT2D eigenvalue weighted by molar-refractivity contribution is -0.141. The summed E-state index contributed by atoms with van der Waals surface area (Å²) in [6.45, 7) is 0.853. The second-order valence-electron chi connectivity index (χ2n) is 4.28. The van der Waals surface area contributed by atoms with Crippen molar-refractivity contribution in [2.45, 2.75) is 32.2 Å². The fourth-order valence-corrected chi connectivity index (χ4v) is 2.25. The minimum atomic E-state index is -0.670. The summed E-state index contributed by atoms with van der Waals surface area (Å²) in [5.41, 5.74) is 0.0326. The van der Waals surface area contributed by atoms with Gasteiger partial charge in [-0.25, -0.2) is 0 Å². The first kappa shape index (κ1) is 9.31. The van der Waals surface area contributed by atoms with Crippen LogP contribution in [0.4, 0.5) is 0 Å². The molecule has 1 aromatic rings. The van der Waals surface area contributed by atoms with E-state index >= 15 is 0 Å². The molecule has 0 saturated heterocycles. The van der Waals surface area contributed by atoms with E-state index in [9.17, 15) is 4.79 Å². The first-order valence-corrected chi connectivity index (χ1v) is 5.03. The van der Waals surface area contributed by atoms with Crippen molar-refractivity contribution < 1.29 is 9.90 Å². The standard InChI is InChI=1S/C11H15NO2/c13-10(14)8-11(4-3-5-11)9-12-6-1-2-7-12/h1-2,6-7H,3-5,8-9H2,(H,13,14). The Morgan fingerprint density at radius 2 is 2.00 bits per heavy atom. The van der Waals surface area contributed by atoms with Gasteiger partial charge in [-0.3, -0.25) is 4.79 Å². The third kappa shape index (κ3) is 1.81. The van der Waals surface area contributed by atoms with E-state index in [1.165, 1.54) is 6.42 Å². The Labute approximate surface area is 83.4 Å². The zero-order chi connectivity index (χ0) is 10.0. The van der Waals surface area contributed by atoms with E-state index in [-0.39, 0.29) is 5.41 Å². The summed E-state index contributed by atoms with van der Waals surface area (Å²) in [6.07, 6.45) is 7.60. The number of aliphatic carboxylic acids is 1. The Kier molecular flexibility index (Phi) is 2.32. The van der Waals surface area contributed by atoms with E-state index in [4.69, 9.17) is 5.11 Å². The molecule has 1 heterocycles. The molecule has 0 radical (unpaired) electrons. The van der Waals surface area contributed by atoms with Gasteiger partial charge in [-0.15, -0.1) is 0 Å². The van der Waals surface area contributed by atoms with Crippen LogP contribution in [-0.4, -0.2) is 15.6 Å². The molecule has 3 nitrogen and oxygen atoms in total. The molecule has 14 heavy (non-hydrogen) atoms. The molecule has 0 aromatic carbocycles. The van der Waals surface area contributed by atoms with Crippen molar-refractivity contribution >= 4 is 5.97 Å². The van der Waals surface area contributed by atoms with Crippen LogP contribution in [0, 0.1) is 5.41 Å². The van der Waals surface area contributed by atoms with E-state index in [1.54, 1.807) is 0 Å². The van der Waals surface area contributed by atoms with Gasteiger partial charge in [0.1, 0.15) is 0 Å². The third-order valence-corrected chi connectivity index (χ3v) is 3.12. The van der Waals surface area contributed by atoms with E-state index < -0.39 is 5.97 Å². The monoisotopic (exact) mass is 193 g/mol. The smallest absolute Gasteiger partial charge is 0.303 e. The fourth-order valence-electron chi connectivity index (χ4n) is 2.25. The molecule has 1 fully saturated rings. The van der Waals surface area contributed by atoms with Crippen molar-refractivity contribution in [3.63, 3.8) is 0 Å². The highest BCUT2D eigenvalue weighted by Gasteiger charge is 2.39. The summed E-state index contributed by atoms with van der Waals surface area (Å²) < 4.78 is 2.09. The van der Waals surface area contributed by atoms with Crippen LogP contribution in [0.15, 0.2) is 24.5 Å². The van der Waals surface area contributed by atoms with Crippen LogP contribution >= 0.6 is 0 Å². The molecule has 1 aromatic heterocycles. The van der Waals surface area contributed by atoms with Crippen molar-refractivity contribution in [2.75, 3.05) is 0 Å². The maximum atomic E-state index is 10.7. The Balaban J connectivity index is 2.02. The van der Waals surface area contributed by atoms with Gasteiger partial charge < -0.3 is 9.67 Å². The summed E-state index contributed by atoms with van der Waals surface area (Å²) in [5, 5.41) is 8.83. The molecule has 0 atom stereocenters. The van der Waals surface area contributed by atoms with Crippen molar-refractivity contribution in [3.05, 3.63) is 24.5 Å². The van der Waals surface area contributed by atoms with Gasteiger partial charge in [-0.1, -0.05) is 6.42 Å². The van der Waals surface area contributed by atoms with Crippen LogP contribution in [0.1, 0.15) is 25.7 Å². The maximum absolute atomic E-state index is 10.7. The van der Waals surface area contributed by atoms with Gasteiger partial charge >= 0.3 is 5.97 Å². The van der Waals surface area contributed by atoms with Gasteiger partial charge in [0.2, 0.25) is 0 Å². The zero-order valence-corrected chi connectivity index (χ0v) is 8.15. The molecule has 0 bridgehead atoms. The number of rotatable bonds is 4. The Morgan fingerprint density at radius 3 is 2.43 bits per heavy atom. The molecular formula is C11H15NO2. The molecule has 1 saturated carbocycles. The highest BCUT2D eigenvalue weighted by Crippen LogP contribution is 2.45. The number of carboxylic acid groups (broad SMARTS) is 1. The molecule has 2 rings (SSSR count). The van der Waals surface area contributed by atoms with Gasteiger partial charge in [0.25, 0.3) is 0 Å². The molecule has 1 aliphatic carbocycles. The summed E-state index contributed by atoms with van der Waals surface area (Å²) in [7, 11) is 0. The van der Waals surface area contributed by atoms with Crippen molar-refractivity contribution in [2.24, 2.45) is 5.41 Å². The van der Waals surface area contributed by atoms with Gasteiger partial charge in [-0.05, 0) is 30.4 Å². The van der Waals surface area contributed by atoms with Crippen molar-refractivity contribution in [1.82, 2.24) is 4.57 Å². The van der Waals surface area contributed by atoms with Crippen LogP contribution in [0.3, 0.4) is 0 Å². The number of aromatic nitrogens is 1. The molecule has 1 aliphatic rings.